The van der Waals surface area contributed by atoms with E-state index in [1.165, 1.54) is 18.2 Å². The second-order valence-electron chi connectivity index (χ2n) is 4.97. The summed E-state index contributed by atoms with van der Waals surface area (Å²) in [5.74, 6) is 0.134. The van der Waals surface area contributed by atoms with Gasteiger partial charge in [0.05, 0.1) is 5.69 Å². The second-order valence-corrected chi connectivity index (χ2v) is 4.97. The Kier molecular flexibility index (Phi) is 3.55. The second kappa shape index (κ2) is 5.52. The molecule has 3 aromatic rings. The van der Waals surface area contributed by atoms with E-state index in [4.69, 9.17) is 4.74 Å². The third kappa shape index (κ3) is 2.41. The summed E-state index contributed by atoms with van der Waals surface area (Å²) in [6, 6.07) is 9.33. The number of carbonyl (C=O) groups is 1. The Labute approximate surface area is 126 Å². The Bertz CT molecular complexity index is 854. The fourth-order valence-corrected chi connectivity index (χ4v) is 2.51. The highest BCUT2D eigenvalue weighted by molar-refractivity contribution is 5.91. The van der Waals surface area contributed by atoms with E-state index in [0.29, 0.717) is 17.6 Å². The van der Waals surface area contributed by atoms with Gasteiger partial charge in [0.1, 0.15) is 23.9 Å². The zero-order valence-corrected chi connectivity index (χ0v) is 11.9. The Morgan fingerprint density at radius 3 is 2.82 bits per heavy atom. The fraction of sp³-hybridized carbons (Fsp3) is 0.118. The van der Waals surface area contributed by atoms with E-state index in [0.717, 1.165) is 22.2 Å². The number of fused-ring (bicyclic) bond motifs is 1. The first-order valence-electron chi connectivity index (χ1n) is 6.78. The van der Waals surface area contributed by atoms with Crippen molar-refractivity contribution in [1.29, 1.82) is 0 Å². The summed E-state index contributed by atoms with van der Waals surface area (Å²) in [5.41, 5.74) is 2.97. The van der Waals surface area contributed by atoms with Gasteiger partial charge in [-0.3, -0.25) is 4.79 Å². The monoisotopic (exact) mass is 299 g/mol. The maximum absolute atomic E-state index is 13.4. The number of hydrogen-bond acceptors (Lipinski definition) is 3. The molecule has 4 nitrogen and oxygen atoms in total. The minimum absolute atomic E-state index is 0.0264. The van der Waals surface area contributed by atoms with E-state index in [2.05, 4.69) is 4.98 Å². The van der Waals surface area contributed by atoms with Crippen LogP contribution in [0, 0.1) is 12.7 Å². The van der Waals surface area contributed by atoms with Gasteiger partial charge in [-0.2, -0.15) is 0 Å². The largest absolute Gasteiger partial charge is 0.507 e. The van der Waals surface area contributed by atoms with E-state index < -0.39 is 0 Å². The van der Waals surface area contributed by atoms with Gasteiger partial charge in [-0.05, 0) is 42.8 Å². The van der Waals surface area contributed by atoms with Gasteiger partial charge in [0.15, 0.2) is 6.29 Å². The molecule has 22 heavy (non-hydrogen) atoms. The number of ether oxygens (including phenoxy) is 1. The quantitative estimate of drug-likeness (QED) is 0.724. The zero-order chi connectivity index (χ0) is 15.7. The normalized spacial score (nSPS) is 10.8. The average Bonchev–Trinajstić information content (AvgIpc) is 2.82. The lowest BCUT2D eigenvalue weighted by Gasteiger charge is -2.07. The number of aromatic hydroxyl groups is 1. The lowest BCUT2D eigenvalue weighted by Crippen LogP contribution is -1.97. The summed E-state index contributed by atoms with van der Waals surface area (Å²) in [6.45, 7) is 1.80. The number of aromatic amines is 1. The van der Waals surface area contributed by atoms with E-state index in [1.807, 2.05) is 6.92 Å². The molecule has 0 aliphatic carbocycles. The molecule has 2 aromatic carbocycles. The molecule has 2 N–H and O–H groups in total. The summed E-state index contributed by atoms with van der Waals surface area (Å²) in [5, 5.41) is 11.0. The number of phenols is 1. The van der Waals surface area contributed by atoms with Crippen molar-refractivity contribution < 1.29 is 19.0 Å². The van der Waals surface area contributed by atoms with Crippen LogP contribution in [0.1, 0.15) is 5.56 Å². The van der Waals surface area contributed by atoms with Crippen molar-refractivity contribution in [3.8, 4) is 22.8 Å². The fourth-order valence-electron chi connectivity index (χ4n) is 2.51. The van der Waals surface area contributed by atoms with E-state index in [1.54, 1.807) is 18.2 Å². The molecule has 0 saturated carbocycles. The highest BCUT2D eigenvalue weighted by Gasteiger charge is 2.14. The van der Waals surface area contributed by atoms with Crippen LogP contribution in [0.5, 0.6) is 11.5 Å². The third-order valence-electron chi connectivity index (χ3n) is 3.58. The van der Waals surface area contributed by atoms with Crippen LogP contribution < -0.4 is 4.74 Å². The number of rotatable bonds is 4. The topological polar surface area (TPSA) is 62.3 Å². The first kappa shape index (κ1) is 14.1. The number of aryl methyl sites for hydroxylation is 1. The Morgan fingerprint density at radius 2 is 2.09 bits per heavy atom. The number of phenolic OH excluding ortho intramolecular Hbond substituents is 1. The predicted octanol–water partition coefficient (Wildman–Crippen LogP) is 3.57. The summed E-state index contributed by atoms with van der Waals surface area (Å²) in [6.07, 6.45) is 0.640. The van der Waals surface area contributed by atoms with Crippen molar-refractivity contribution >= 4 is 17.2 Å². The number of nitrogens with one attached hydrogen (secondary N) is 1. The number of H-pyrrole nitrogens is 1. The van der Waals surface area contributed by atoms with E-state index >= 15 is 0 Å². The molecular formula is C17H14FNO3. The van der Waals surface area contributed by atoms with Crippen LogP contribution in [0.25, 0.3) is 22.2 Å². The molecule has 112 valence electrons. The smallest absolute Gasteiger partial charge is 0.157 e. The van der Waals surface area contributed by atoms with E-state index in [9.17, 15) is 14.3 Å². The molecule has 5 heteroatoms. The molecule has 3 rings (SSSR count). The first-order chi connectivity index (χ1) is 10.6. The Balaban J connectivity index is 2.07. The van der Waals surface area contributed by atoms with Crippen molar-refractivity contribution in [3.05, 3.63) is 47.8 Å². The standard InChI is InChI=1S/C17H14FNO3/c1-10-14-8-11(18)2-5-15(14)19-17(10)13-4-3-12(9-16(13)21)22-7-6-20/h2-6,8-9,19,21H,7H2,1H3. The van der Waals surface area contributed by atoms with Crippen LogP contribution in [0.4, 0.5) is 4.39 Å². The highest BCUT2D eigenvalue weighted by Crippen LogP contribution is 2.36. The molecule has 0 radical (unpaired) electrons. The number of aromatic nitrogens is 1. The predicted molar refractivity (Wildman–Crippen MR) is 81.7 cm³/mol. The van der Waals surface area contributed by atoms with Gasteiger partial charge in [-0.15, -0.1) is 0 Å². The summed E-state index contributed by atoms with van der Waals surface area (Å²) >= 11 is 0. The van der Waals surface area contributed by atoms with Gasteiger partial charge in [0.25, 0.3) is 0 Å². The van der Waals surface area contributed by atoms with Crippen molar-refractivity contribution in [3.63, 3.8) is 0 Å². The van der Waals surface area contributed by atoms with Gasteiger partial charge in [-0.1, -0.05) is 0 Å². The number of carbonyl (C=O) groups excluding carboxylic acids is 1. The lowest BCUT2D eigenvalue weighted by atomic mass is 10.1. The summed E-state index contributed by atoms with van der Waals surface area (Å²) < 4.78 is 18.5. The number of benzene rings is 2. The molecule has 1 heterocycles. The van der Waals surface area contributed by atoms with Crippen LogP contribution >= 0.6 is 0 Å². The molecule has 0 amide bonds. The average molecular weight is 299 g/mol. The molecule has 1 aromatic heterocycles. The van der Waals surface area contributed by atoms with Gasteiger partial charge >= 0.3 is 0 Å². The molecule has 0 spiro atoms. The molecule has 0 unspecified atom stereocenters. The number of aldehydes is 1. The van der Waals surface area contributed by atoms with Crippen molar-refractivity contribution in [2.24, 2.45) is 0 Å². The maximum atomic E-state index is 13.4. The molecule has 0 aliphatic rings. The SMILES string of the molecule is Cc1c(-c2ccc(OCC=O)cc2O)[nH]c2ccc(F)cc12. The van der Waals surface area contributed by atoms with Crippen LogP contribution in [0.2, 0.25) is 0 Å². The van der Waals surface area contributed by atoms with Gasteiger partial charge in [0.2, 0.25) is 0 Å². The molecule has 0 bridgehead atoms. The van der Waals surface area contributed by atoms with Gasteiger partial charge in [0, 0.05) is 22.5 Å². The van der Waals surface area contributed by atoms with Crippen molar-refractivity contribution in [1.82, 2.24) is 4.98 Å². The number of halogens is 1. The van der Waals surface area contributed by atoms with Crippen LogP contribution in [-0.4, -0.2) is 23.0 Å². The van der Waals surface area contributed by atoms with Crippen molar-refractivity contribution in [2.75, 3.05) is 6.61 Å². The molecular weight excluding hydrogens is 285 g/mol. The highest BCUT2D eigenvalue weighted by atomic mass is 19.1. The number of hydrogen-bond donors (Lipinski definition) is 2. The minimum Gasteiger partial charge on any atom is -0.507 e. The van der Waals surface area contributed by atoms with Gasteiger partial charge in [-0.25, -0.2) is 4.39 Å². The van der Waals surface area contributed by atoms with Gasteiger partial charge < -0.3 is 14.8 Å². The first-order valence-corrected chi connectivity index (χ1v) is 6.78. The molecule has 0 saturated heterocycles. The third-order valence-corrected chi connectivity index (χ3v) is 3.58. The summed E-state index contributed by atoms with van der Waals surface area (Å²) in [7, 11) is 0. The van der Waals surface area contributed by atoms with Crippen LogP contribution in [-0.2, 0) is 4.79 Å². The lowest BCUT2D eigenvalue weighted by molar-refractivity contribution is -0.109. The Hall–Kier alpha value is -2.82. The summed E-state index contributed by atoms with van der Waals surface area (Å²) in [4.78, 5) is 13.5. The van der Waals surface area contributed by atoms with Crippen molar-refractivity contribution in [2.45, 2.75) is 6.92 Å². The van der Waals surface area contributed by atoms with E-state index in [-0.39, 0.29) is 18.2 Å². The van der Waals surface area contributed by atoms with Crippen LogP contribution in [0.3, 0.4) is 0 Å². The molecule has 0 fully saturated rings. The van der Waals surface area contributed by atoms with Crippen LogP contribution in [0.15, 0.2) is 36.4 Å². The molecule has 0 atom stereocenters. The minimum atomic E-state index is -0.303. The Morgan fingerprint density at radius 1 is 1.27 bits per heavy atom. The maximum Gasteiger partial charge on any atom is 0.157 e. The zero-order valence-electron chi connectivity index (χ0n) is 11.9. The molecule has 0 aliphatic heterocycles.